The van der Waals surface area contributed by atoms with Gasteiger partial charge in [0.05, 0.1) is 59.0 Å². The van der Waals surface area contributed by atoms with Crippen LogP contribution < -0.4 is 9.80 Å². The number of hydrogen-bond donors (Lipinski definition) is 0. The van der Waals surface area contributed by atoms with Gasteiger partial charge in [0.15, 0.2) is 41.6 Å². The minimum Gasteiger partial charge on any atom is -0.372 e. The first-order valence-electron chi connectivity index (χ1n) is 14.0. The fourth-order valence-corrected chi connectivity index (χ4v) is 6.09. The summed E-state index contributed by atoms with van der Waals surface area (Å²) >= 11 is 3.06. The van der Waals surface area contributed by atoms with Crippen LogP contribution in [0.3, 0.4) is 0 Å². The van der Waals surface area contributed by atoms with Crippen LogP contribution in [0.1, 0.15) is 67.2 Å². The fraction of sp³-hybridized carbons (Fsp3) is 0.533. The van der Waals surface area contributed by atoms with Gasteiger partial charge in [0.2, 0.25) is 0 Å². The van der Waals surface area contributed by atoms with E-state index in [1.165, 1.54) is 6.07 Å². The van der Waals surface area contributed by atoms with Gasteiger partial charge in [-0.2, -0.15) is 0 Å². The lowest BCUT2D eigenvalue weighted by Gasteiger charge is -2.38. The quantitative estimate of drug-likeness (QED) is 0.166. The zero-order valence-corrected chi connectivity index (χ0v) is 26.2. The summed E-state index contributed by atoms with van der Waals surface area (Å²) in [5.41, 5.74) is 0.168. The van der Waals surface area contributed by atoms with Crippen molar-refractivity contribution in [1.82, 2.24) is 0 Å². The van der Waals surface area contributed by atoms with Gasteiger partial charge in [-0.25, -0.2) is 17.6 Å². The topological polar surface area (TPSA) is 77.5 Å². The van der Waals surface area contributed by atoms with E-state index in [1.54, 1.807) is 4.90 Å². The molecule has 0 amide bonds. The summed E-state index contributed by atoms with van der Waals surface area (Å²) < 4.78 is 79.3. The SMILES string of the molecule is CC(=O)c1cc(C=O)c(N2C[C@@H](C)O[C@@H](C)C2)c(F)c1F.C[C@@H]1CN(c2c(C3OCCO3)cc(Br)c(F)c2F)C[C@H](C)O1. The monoisotopic (exact) mass is 674 g/mol. The van der Waals surface area contributed by atoms with Crippen LogP contribution in [0.2, 0.25) is 0 Å². The molecule has 13 heteroatoms. The number of nitrogens with zero attached hydrogens (tertiary/aromatic N) is 2. The third kappa shape index (κ3) is 7.39. The van der Waals surface area contributed by atoms with Gasteiger partial charge in [0.1, 0.15) is 0 Å². The highest BCUT2D eigenvalue weighted by Gasteiger charge is 2.33. The summed E-state index contributed by atoms with van der Waals surface area (Å²) in [6, 6.07) is 2.64. The number of hydrogen-bond acceptors (Lipinski definition) is 8. The summed E-state index contributed by atoms with van der Waals surface area (Å²) in [5.74, 6) is -4.78. The number of aldehydes is 1. The second kappa shape index (κ2) is 14.0. The molecule has 0 bridgehead atoms. The van der Waals surface area contributed by atoms with Crippen LogP contribution in [0.15, 0.2) is 16.6 Å². The van der Waals surface area contributed by atoms with Crippen LogP contribution in [-0.2, 0) is 18.9 Å². The smallest absolute Gasteiger partial charge is 0.186 e. The minimum absolute atomic E-state index is 0.0274. The van der Waals surface area contributed by atoms with Crippen molar-refractivity contribution in [3.8, 4) is 0 Å². The lowest BCUT2D eigenvalue weighted by Crippen LogP contribution is -2.46. The van der Waals surface area contributed by atoms with E-state index in [0.717, 1.165) is 13.0 Å². The molecular weight excluding hydrogens is 640 g/mol. The highest BCUT2D eigenvalue weighted by molar-refractivity contribution is 9.10. The Balaban J connectivity index is 0.000000197. The molecule has 0 aliphatic carbocycles. The second-order valence-electron chi connectivity index (χ2n) is 11.0. The molecule has 3 fully saturated rings. The van der Waals surface area contributed by atoms with Gasteiger partial charge < -0.3 is 28.7 Å². The first-order chi connectivity index (χ1) is 20.3. The molecule has 0 unspecified atom stereocenters. The molecule has 43 heavy (non-hydrogen) atoms. The number of carbonyl (C=O) groups is 2. The average Bonchev–Trinajstić information content (AvgIpc) is 3.47. The molecule has 0 N–H and O–H groups in total. The van der Waals surface area contributed by atoms with Crippen LogP contribution in [0.5, 0.6) is 0 Å². The molecule has 3 heterocycles. The Morgan fingerprint density at radius 3 is 1.72 bits per heavy atom. The largest absolute Gasteiger partial charge is 0.372 e. The van der Waals surface area contributed by atoms with Crippen molar-refractivity contribution in [2.24, 2.45) is 0 Å². The van der Waals surface area contributed by atoms with E-state index in [9.17, 15) is 27.2 Å². The maximum Gasteiger partial charge on any atom is 0.186 e. The number of rotatable bonds is 5. The highest BCUT2D eigenvalue weighted by Crippen LogP contribution is 2.39. The van der Waals surface area contributed by atoms with Gasteiger partial charge in [0, 0.05) is 37.3 Å². The van der Waals surface area contributed by atoms with Crippen molar-refractivity contribution in [1.29, 1.82) is 0 Å². The highest BCUT2D eigenvalue weighted by atomic mass is 79.9. The molecule has 2 aromatic rings. The maximum atomic E-state index is 14.6. The Bertz CT molecular complexity index is 1340. The number of ether oxygens (including phenoxy) is 4. The molecule has 0 saturated carbocycles. The predicted molar refractivity (Wildman–Crippen MR) is 155 cm³/mol. The Morgan fingerprint density at radius 1 is 0.791 bits per heavy atom. The van der Waals surface area contributed by atoms with Crippen molar-refractivity contribution in [3.05, 3.63) is 56.6 Å². The van der Waals surface area contributed by atoms with E-state index in [2.05, 4.69) is 15.9 Å². The standard InChI is InChI=1S/C15H18BrF2NO3.C15H17F2NO3/c1-8-6-19(7-9(2)22-8)14-10(15-20-3-4-21-15)5-11(16)12(17)13(14)18;1-8-5-18(6-9(2)21-8)15-11(7-19)4-12(10(3)20)13(16)14(15)17/h5,8-9,15H,3-4,6-7H2,1-2H3;4,7-9H,5-6H2,1-3H3/t2*8-,9+. The molecule has 4 atom stereocenters. The van der Waals surface area contributed by atoms with Gasteiger partial charge in [-0.1, -0.05) is 0 Å². The van der Waals surface area contributed by atoms with E-state index in [1.807, 2.05) is 32.6 Å². The number of morpholine rings is 2. The Hall–Kier alpha value is -2.58. The molecule has 3 aliphatic heterocycles. The van der Waals surface area contributed by atoms with Crippen molar-refractivity contribution in [3.63, 3.8) is 0 Å². The summed E-state index contributed by atoms with van der Waals surface area (Å²) in [7, 11) is 0. The van der Waals surface area contributed by atoms with Crippen LogP contribution in [0.25, 0.3) is 0 Å². The van der Waals surface area contributed by atoms with Gasteiger partial charge in [-0.05, 0) is 62.7 Å². The molecular formula is C30H35BrF4N2O6. The molecule has 0 radical (unpaired) electrons. The molecule has 0 aromatic heterocycles. The lowest BCUT2D eigenvalue weighted by atomic mass is 10.0. The summed E-state index contributed by atoms with van der Waals surface area (Å²) in [4.78, 5) is 25.9. The van der Waals surface area contributed by atoms with E-state index < -0.39 is 40.9 Å². The number of benzene rings is 2. The lowest BCUT2D eigenvalue weighted by molar-refractivity contribution is -0.0447. The molecule has 3 saturated heterocycles. The van der Waals surface area contributed by atoms with Crippen LogP contribution in [0, 0.1) is 23.3 Å². The van der Waals surface area contributed by atoms with Crippen LogP contribution in [-0.4, -0.2) is 75.9 Å². The molecule has 2 aromatic carbocycles. The first-order valence-corrected chi connectivity index (χ1v) is 14.8. The zero-order valence-electron chi connectivity index (χ0n) is 24.6. The Morgan fingerprint density at radius 2 is 1.26 bits per heavy atom. The second-order valence-corrected chi connectivity index (χ2v) is 11.8. The van der Waals surface area contributed by atoms with E-state index >= 15 is 0 Å². The van der Waals surface area contributed by atoms with E-state index in [0.29, 0.717) is 51.2 Å². The van der Waals surface area contributed by atoms with Crippen LogP contribution in [0.4, 0.5) is 28.9 Å². The third-order valence-electron chi connectivity index (χ3n) is 7.23. The average molecular weight is 676 g/mol. The van der Waals surface area contributed by atoms with Gasteiger partial charge in [-0.3, -0.25) is 9.59 Å². The molecule has 5 rings (SSSR count). The van der Waals surface area contributed by atoms with Crippen LogP contribution >= 0.6 is 15.9 Å². The normalized spacial score (nSPS) is 24.5. The maximum absolute atomic E-state index is 14.6. The number of Topliss-reactive ketones (excluding diaryl/α,β-unsaturated/α-hetero) is 1. The number of carbonyl (C=O) groups excluding carboxylic acids is 2. The Labute approximate surface area is 256 Å². The van der Waals surface area contributed by atoms with E-state index in [-0.39, 0.29) is 45.8 Å². The third-order valence-corrected chi connectivity index (χ3v) is 7.81. The Kier molecular flexibility index (Phi) is 10.9. The van der Waals surface area contributed by atoms with Crippen molar-refractivity contribution in [2.45, 2.75) is 65.3 Å². The molecule has 3 aliphatic rings. The van der Waals surface area contributed by atoms with Gasteiger partial charge >= 0.3 is 0 Å². The van der Waals surface area contributed by atoms with Gasteiger partial charge in [0.25, 0.3) is 0 Å². The zero-order chi connectivity index (χ0) is 31.6. The number of anilines is 2. The van der Waals surface area contributed by atoms with Crippen molar-refractivity contribution in [2.75, 3.05) is 49.2 Å². The van der Waals surface area contributed by atoms with Gasteiger partial charge in [-0.15, -0.1) is 0 Å². The minimum atomic E-state index is -1.21. The predicted octanol–water partition coefficient (Wildman–Crippen LogP) is 5.98. The number of halogens is 5. The summed E-state index contributed by atoms with van der Waals surface area (Å²) in [6.45, 7) is 11.2. The summed E-state index contributed by atoms with van der Waals surface area (Å²) in [6.07, 6.45) is -0.683. The summed E-state index contributed by atoms with van der Waals surface area (Å²) in [5, 5.41) is 0. The van der Waals surface area contributed by atoms with Crippen molar-refractivity contribution < 1.29 is 46.1 Å². The molecule has 236 valence electrons. The fourth-order valence-electron chi connectivity index (χ4n) is 5.67. The first kappa shape index (κ1) is 33.3. The van der Waals surface area contributed by atoms with E-state index in [4.69, 9.17) is 18.9 Å². The molecule has 0 spiro atoms. The van der Waals surface area contributed by atoms with Crippen molar-refractivity contribution >= 4 is 39.4 Å². The number of ketones is 1. The molecule has 8 nitrogen and oxygen atoms in total.